The fourth-order valence-electron chi connectivity index (χ4n) is 2.92. The van der Waals surface area contributed by atoms with Gasteiger partial charge in [0.1, 0.15) is 0 Å². The largest absolute Gasteiger partial charge is 0.469 e. The zero-order valence-corrected chi connectivity index (χ0v) is 15.1. The summed E-state index contributed by atoms with van der Waals surface area (Å²) in [5.41, 5.74) is 1.93. The lowest BCUT2D eigenvalue weighted by Gasteiger charge is -2.22. The molecule has 0 saturated carbocycles. The van der Waals surface area contributed by atoms with Gasteiger partial charge in [-0.25, -0.2) is 8.42 Å². The van der Waals surface area contributed by atoms with Gasteiger partial charge in [-0.1, -0.05) is 0 Å². The van der Waals surface area contributed by atoms with Gasteiger partial charge in [0, 0.05) is 25.2 Å². The normalized spacial score (nSPS) is 16.7. The molecule has 1 aliphatic rings. The molecule has 1 heterocycles. The number of rotatable bonds is 5. The summed E-state index contributed by atoms with van der Waals surface area (Å²) in [4.78, 5) is 25.1. The summed E-state index contributed by atoms with van der Waals surface area (Å²) < 4.78 is 29.8. The maximum atomic E-state index is 12.4. The Balaban J connectivity index is 2.19. The molecule has 0 aliphatic carbocycles. The van der Waals surface area contributed by atoms with Gasteiger partial charge in [0.2, 0.25) is 10.0 Å². The summed E-state index contributed by atoms with van der Waals surface area (Å²) >= 11 is 0. The van der Waals surface area contributed by atoms with Crippen LogP contribution in [0, 0.1) is 0 Å². The molecule has 0 spiro atoms. The molecule has 0 bridgehead atoms. The first-order chi connectivity index (χ1) is 11.1. The van der Waals surface area contributed by atoms with Crippen LogP contribution in [0.1, 0.15) is 29.3 Å². The van der Waals surface area contributed by atoms with Crippen LogP contribution < -0.4 is 4.31 Å². The molecule has 24 heavy (non-hydrogen) atoms. The quantitative estimate of drug-likeness (QED) is 0.738. The molecule has 0 N–H and O–H groups in total. The third-order valence-corrected chi connectivity index (χ3v) is 5.33. The second-order valence-electron chi connectivity index (χ2n) is 6.01. The Kier molecular flexibility index (Phi) is 5.17. The lowest BCUT2D eigenvalue weighted by atomic mass is 10.1. The highest BCUT2D eigenvalue weighted by molar-refractivity contribution is 7.92. The van der Waals surface area contributed by atoms with Gasteiger partial charge in [0.15, 0.2) is 0 Å². The Morgan fingerprint density at radius 1 is 1.38 bits per heavy atom. The second-order valence-corrected chi connectivity index (χ2v) is 7.87. The van der Waals surface area contributed by atoms with E-state index in [0.29, 0.717) is 17.7 Å². The summed E-state index contributed by atoms with van der Waals surface area (Å²) in [6.45, 7) is 2.10. The van der Waals surface area contributed by atoms with Crippen molar-refractivity contribution in [2.75, 3.05) is 31.3 Å². The lowest BCUT2D eigenvalue weighted by molar-refractivity contribution is -0.140. The first-order valence-electron chi connectivity index (χ1n) is 7.59. The van der Waals surface area contributed by atoms with E-state index in [1.165, 1.54) is 22.6 Å². The number of hydrogen-bond acceptors (Lipinski definition) is 5. The minimum atomic E-state index is -3.35. The van der Waals surface area contributed by atoms with Crippen molar-refractivity contribution in [3.8, 4) is 0 Å². The number of ether oxygens (including phenoxy) is 1. The molecule has 0 radical (unpaired) electrons. The number of benzene rings is 1. The van der Waals surface area contributed by atoms with Crippen molar-refractivity contribution in [3.63, 3.8) is 0 Å². The number of carbonyl (C=O) groups is 2. The average molecular weight is 354 g/mol. The van der Waals surface area contributed by atoms with Crippen molar-refractivity contribution >= 4 is 27.6 Å². The number of sulfonamides is 1. The number of amides is 1. The van der Waals surface area contributed by atoms with E-state index in [1.54, 1.807) is 25.2 Å². The lowest BCUT2D eigenvalue weighted by Crippen LogP contribution is -2.34. The highest BCUT2D eigenvalue weighted by atomic mass is 32.2. The van der Waals surface area contributed by atoms with Gasteiger partial charge in [0.25, 0.3) is 5.91 Å². The van der Waals surface area contributed by atoms with Gasteiger partial charge >= 0.3 is 5.97 Å². The molecule has 0 saturated heterocycles. The van der Waals surface area contributed by atoms with Gasteiger partial charge in [-0.2, -0.15) is 0 Å². The van der Waals surface area contributed by atoms with E-state index in [9.17, 15) is 18.0 Å². The van der Waals surface area contributed by atoms with Gasteiger partial charge in [-0.05, 0) is 37.1 Å². The minimum absolute atomic E-state index is 0.128. The van der Waals surface area contributed by atoms with Crippen LogP contribution in [0.25, 0.3) is 0 Å². The predicted octanol–water partition coefficient (Wildman–Crippen LogP) is 1.03. The van der Waals surface area contributed by atoms with Crippen molar-refractivity contribution in [3.05, 3.63) is 29.3 Å². The van der Waals surface area contributed by atoms with Crippen molar-refractivity contribution in [2.45, 2.75) is 25.8 Å². The van der Waals surface area contributed by atoms with E-state index in [0.717, 1.165) is 5.56 Å². The van der Waals surface area contributed by atoms with Crippen LogP contribution in [0.3, 0.4) is 0 Å². The third kappa shape index (κ3) is 3.69. The van der Waals surface area contributed by atoms with E-state index in [-0.39, 0.29) is 30.9 Å². The van der Waals surface area contributed by atoms with Gasteiger partial charge < -0.3 is 9.64 Å². The zero-order chi connectivity index (χ0) is 18.1. The first-order valence-corrected chi connectivity index (χ1v) is 9.44. The Labute approximate surface area is 142 Å². The minimum Gasteiger partial charge on any atom is -0.469 e. The van der Waals surface area contributed by atoms with E-state index in [1.807, 2.05) is 6.92 Å². The summed E-state index contributed by atoms with van der Waals surface area (Å²) in [6, 6.07) is 4.85. The van der Waals surface area contributed by atoms with Crippen LogP contribution in [-0.4, -0.2) is 58.2 Å². The Morgan fingerprint density at radius 2 is 2.04 bits per heavy atom. The van der Waals surface area contributed by atoms with Gasteiger partial charge in [-0.3, -0.25) is 13.9 Å². The maximum Gasteiger partial charge on any atom is 0.307 e. The molecule has 1 aromatic rings. The molecule has 8 heteroatoms. The number of fused-ring (bicyclic) bond motifs is 1. The van der Waals surface area contributed by atoms with Crippen LogP contribution in [0.15, 0.2) is 18.2 Å². The molecule has 1 aromatic carbocycles. The average Bonchev–Trinajstić information content (AvgIpc) is 2.86. The molecule has 132 valence electrons. The molecule has 0 fully saturated rings. The molecule has 0 aromatic heterocycles. The highest BCUT2D eigenvalue weighted by Gasteiger charge is 2.33. The van der Waals surface area contributed by atoms with Crippen LogP contribution in [0.5, 0.6) is 0 Å². The van der Waals surface area contributed by atoms with Crippen molar-refractivity contribution in [1.82, 2.24) is 4.90 Å². The SMILES string of the molecule is COC(=O)CCN(C)C(=O)c1ccc2c(c1)CC(C)N2S(C)(=O)=O. The summed E-state index contributed by atoms with van der Waals surface area (Å²) in [5.74, 6) is -0.589. The standard InChI is InChI=1S/C16H22N2O5S/c1-11-9-13-10-12(5-6-14(13)18(11)24(4,21)22)16(20)17(2)8-7-15(19)23-3/h5-6,10-11H,7-9H2,1-4H3. The van der Waals surface area contributed by atoms with Crippen LogP contribution in [0.4, 0.5) is 5.69 Å². The number of methoxy groups -OCH3 is 1. The summed E-state index contributed by atoms with van der Waals surface area (Å²) in [5, 5.41) is 0. The van der Waals surface area contributed by atoms with E-state index in [2.05, 4.69) is 4.74 Å². The van der Waals surface area contributed by atoms with Crippen molar-refractivity contribution in [2.24, 2.45) is 0 Å². The third-order valence-electron chi connectivity index (χ3n) is 4.06. The van der Waals surface area contributed by atoms with Crippen LogP contribution >= 0.6 is 0 Å². The van der Waals surface area contributed by atoms with Crippen molar-refractivity contribution in [1.29, 1.82) is 0 Å². The molecule has 2 rings (SSSR count). The molecule has 1 aliphatic heterocycles. The van der Waals surface area contributed by atoms with Gasteiger partial charge in [-0.15, -0.1) is 0 Å². The zero-order valence-electron chi connectivity index (χ0n) is 14.3. The fraction of sp³-hybridized carbons (Fsp3) is 0.500. The molecule has 1 unspecified atom stereocenters. The summed E-state index contributed by atoms with van der Waals surface area (Å²) in [6.07, 6.45) is 1.87. The number of nitrogens with zero attached hydrogens (tertiary/aromatic N) is 2. The monoisotopic (exact) mass is 354 g/mol. The molecule has 1 atom stereocenters. The molecular weight excluding hydrogens is 332 g/mol. The van der Waals surface area contributed by atoms with Crippen molar-refractivity contribution < 1.29 is 22.7 Å². The second kappa shape index (κ2) is 6.80. The Hall–Kier alpha value is -2.09. The molecule has 7 nitrogen and oxygen atoms in total. The number of esters is 1. The number of carbonyl (C=O) groups excluding carboxylic acids is 2. The predicted molar refractivity (Wildman–Crippen MR) is 90.5 cm³/mol. The molecule has 1 amide bonds. The van der Waals surface area contributed by atoms with E-state index >= 15 is 0 Å². The topological polar surface area (TPSA) is 84.0 Å². The fourth-order valence-corrected chi connectivity index (χ4v) is 4.19. The first kappa shape index (κ1) is 18.3. The highest BCUT2D eigenvalue weighted by Crippen LogP contribution is 2.34. The van der Waals surface area contributed by atoms with E-state index in [4.69, 9.17) is 0 Å². The number of hydrogen-bond donors (Lipinski definition) is 0. The maximum absolute atomic E-state index is 12.4. The smallest absolute Gasteiger partial charge is 0.307 e. The Morgan fingerprint density at radius 3 is 2.62 bits per heavy atom. The van der Waals surface area contributed by atoms with E-state index < -0.39 is 10.0 Å². The summed E-state index contributed by atoms with van der Waals surface area (Å²) in [7, 11) is -0.429. The molecular formula is C16H22N2O5S. The Bertz CT molecular complexity index is 760. The van der Waals surface area contributed by atoms with Crippen LogP contribution in [0.2, 0.25) is 0 Å². The number of anilines is 1. The van der Waals surface area contributed by atoms with Gasteiger partial charge in [0.05, 0.1) is 25.5 Å². The van der Waals surface area contributed by atoms with Crippen LogP contribution in [-0.2, 0) is 26.0 Å².